The predicted octanol–water partition coefficient (Wildman–Crippen LogP) is 4.12. The minimum Gasteiger partial charge on any atom is -0.423 e. The number of fused-ring (bicyclic) bond motifs is 2. The summed E-state index contributed by atoms with van der Waals surface area (Å²) in [7, 11) is 1.57. The Bertz CT molecular complexity index is 1220. The molecule has 3 heterocycles. The number of benzene rings is 1. The fourth-order valence-electron chi connectivity index (χ4n) is 5.13. The third-order valence-corrected chi connectivity index (χ3v) is 6.32. The number of piperidine rings is 1. The summed E-state index contributed by atoms with van der Waals surface area (Å²) in [6.45, 7) is 3.80. The Morgan fingerprint density at radius 3 is 2.70 bits per heavy atom. The first-order valence-corrected chi connectivity index (χ1v) is 10.5. The van der Waals surface area contributed by atoms with Crippen LogP contribution in [0, 0.1) is 12.8 Å². The summed E-state index contributed by atoms with van der Waals surface area (Å²) in [4.78, 5) is 18.9. The number of likely N-dealkylation sites (tertiary alicyclic amines) is 1. The van der Waals surface area contributed by atoms with Crippen molar-refractivity contribution in [3.8, 4) is 11.4 Å². The van der Waals surface area contributed by atoms with Crippen LogP contribution in [-0.2, 0) is 18.8 Å². The Morgan fingerprint density at radius 2 is 2.06 bits per heavy atom. The van der Waals surface area contributed by atoms with Crippen LogP contribution in [0.25, 0.3) is 11.4 Å². The van der Waals surface area contributed by atoms with Gasteiger partial charge in [0.05, 0.1) is 5.56 Å². The van der Waals surface area contributed by atoms with E-state index in [-0.39, 0.29) is 23.1 Å². The number of aryl methyl sites for hydroxylation is 2. The van der Waals surface area contributed by atoms with E-state index in [4.69, 9.17) is 4.42 Å². The van der Waals surface area contributed by atoms with Gasteiger partial charge in [0.25, 0.3) is 0 Å². The summed E-state index contributed by atoms with van der Waals surface area (Å²) in [5, 5.41) is 14.8. The van der Waals surface area contributed by atoms with Crippen LogP contribution in [0.1, 0.15) is 43.5 Å². The van der Waals surface area contributed by atoms with E-state index >= 15 is 0 Å². The number of anilines is 1. The number of aromatic nitrogens is 5. The van der Waals surface area contributed by atoms with E-state index in [1.54, 1.807) is 18.9 Å². The predicted molar refractivity (Wildman–Crippen MR) is 110 cm³/mol. The number of amides is 2. The molecule has 174 valence electrons. The van der Waals surface area contributed by atoms with Crippen molar-refractivity contribution >= 4 is 11.7 Å². The maximum absolute atomic E-state index is 13.6. The smallest absolute Gasteiger partial charge is 0.417 e. The van der Waals surface area contributed by atoms with E-state index in [0.717, 1.165) is 12.5 Å². The normalized spacial score (nSPS) is 24.5. The van der Waals surface area contributed by atoms with Crippen LogP contribution in [0.3, 0.4) is 0 Å². The van der Waals surface area contributed by atoms with Crippen molar-refractivity contribution in [1.82, 2.24) is 29.9 Å². The number of carbonyl (C=O) groups is 1. The number of hydrogen-bond donors (Lipinski definition) is 1. The van der Waals surface area contributed by atoms with E-state index in [1.807, 2.05) is 0 Å². The van der Waals surface area contributed by atoms with Gasteiger partial charge >= 0.3 is 12.2 Å². The quantitative estimate of drug-likeness (QED) is 0.630. The highest BCUT2D eigenvalue weighted by molar-refractivity contribution is 5.92. The summed E-state index contributed by atoms with van der Waals surface area (Å²) in [6, 6.07) is 2.98. The van der Waals surface area contributed by atoms with Gasteiger partial charge in [-0.2, -0.15) is 18.3 Å². The van der Waals surface area contributed by atoms with Gasteiger partial charge in [0.1, 0.15) is 11.9 Å². The minimum absolute atomic E-state index is 0.00710. The zero-order valence-corrected chi connectivity index (χ0v) is 18.2. The van der Waals surface area contributed by atoms with Gasteiger partial charge in [0.2, 0.25) is 11.8 Å². The third kappa shape index (κ3) is 3.53. The van der Waals surface area contributed by atoms with Crippen molar-refractivity contribution in [3.05, 3.63) is 41.9 Å². The third-order valence-electron chi connectivity index (χ3n) is 6.32. The molecule has 2 aliphatic rings. The van der Waals surface area contributed by atoms with Crippen molar-refractivity contribution < 1.29 is 22.4 Å². The van der Waals surface area contributed by atoms with Gasteiger partial charge in [-0.1, -0.05) is 6.92 Å². The summed E-state index contributed by atoms with van der Waals surface area (Å²) in [5.41, 5.74) is -1.57. The molecule has 2 amide bonds. The Morgan fingerprint density at radius 1 is 1.27 bits per heavy atom. The Hall–Kier alpha value is -3.44. The molecular weight excluding hydrogens is 439 g/mol. The van der Waals surface area contributed by atoms with E-state index in [2.05, 4.69) is 32.5 Å². The molecule has 1 saturated carbocycles. The van der Waals surface area contributed by atoms with Crippen LogP contribution in [0.4, 0.5) is 23.7 Å². The maximum atomic E-state index is 13.6. The van der Waals surface area contributed by atoms with E-state index < -0.39 is 23.3 Å². The van der Waals surface area contributed by atoms with Gasteiger partial charge in [-0.3, -0.25) is 4.68 Å². The Kier molecular flexibility index (Phi) is 4.73. The molecule has 0 spiro atoms. The second-order valence-corrected chi connectivity index (χ2v) is 8.86. The number of urea groups is 1. The number of rotatable bonds is 3. The first kappa shape index (κ1) is 21.4. The molecular formula is C21H22F3N7O2. The molecule has 1 aliphatic carbocycles. The second kappa shape index (κ2) is 7.29. The molecule has 12 heteroatoms. The summed E-state index contributed by atoms with van der Waals surface area (Å²) in [5.74, 6) is 1.10. The maximum Gasteiger partial charge on any atom is 0.417 e. The molecule has 9 nitrogen and oxygen atoms in total. The summed E-state index contributed by atoms with van der Waals surface area (Å²) < 4.78 is 47.7. The average molecular weight is 461 g/mol. The SMILES string of the molecule is Cc1nnc([C@@]23C[C@H](C)C[C@@H](C2)N3C(=O)Nc2ccc(C(F)(F)F)c(-c3ncn(C)n3)c2)o1. The fraction of sp³-hybridized carbons (Fsp3) is 0.476. The Labute approximate surface area is 187 Å². The molecule has 2 fully saturated rings. The molecule has 1 aromatic carbocycles. The van der Waals surface area contributed by atoms with Crippen molar-refractivity contribution in [2.45, 2.75) is 50.9 Å². The highest BCUT2D eigenvalue weighted by Crippen LogP contribution is 2.55. The van der Waals surface area contributed by atoms with Crippen LogP contribution < -0.4 is 5.32 Å². The van der Waals surface area contributed by atoms with Crippen LogP contribution in [0.5, 0.6) is 0 Å². The first-order chi connectivity index (χ1) is 15.6. The van der Waals surface area contributed by atoms with E-state index in [0.29, 0.717) is 30.5 Å². The number of nitrogens with one attached hydrogen (secondary N) is 1. The Balaban J connectivity index is 1.46. The molecule has 2 bridgehead atoms. The zero-order valence-electron chi connectivity index (χ0n) is 18.2. The average Bonchev–Trinajstić information content (AvgIpc) is 3.35. The number of alkyl halides is 3. The highest BCUT2D eigenvalue weighted by Gasteiger charge is 2.62. The molecule has 0 radical (unpaired) electrons. The van der Waals surface area contributed by atoms with Gasteiger partial charge in [-0.25, -0.2) is 9.78 Å². The molecule has 33 heavy (non-hydrogen) atoms. The monoisotopic (exact) mass is 461 g/mol. The standard InChI is InChI=1S/C21H22F3N7O2/c1-11-6-14-9-20(8-11,18-28-27-12(2)33-18)31(14)19(32)26-13-4-5-16(21(22,23)24)15(7-13)17-25-10-30(3)29-17/h4-5,7,10-11,14H,6,8-9H2,1-3H3,(H,26,32)/t11-,14+,20-/m1/s1. The number of hydrogen-bond acceptors (Lipinski definition) is 6. The largest absolute Gasteiger partial charge is 0.423 e. The first-order valence-electron chi connectivity index (χ1n) is 10.5. The fourth-order valence-corrected chi connectivity index (χ4v) is 5.13. The molecule has 2 aromatic heterocycles. The molecule has 1 N–H and O–H groups in total. The van der Waals surface area contributed by atoms with Crippen LogP contribution in [0.15, 0.2) is 28.9 Å². The van der Waals surface area contributed by atoms with Crippen molar-refractivity contribution in [2.24, 2.45) is 13.0 Å². The summed E-state index contributed by atoms with van der Waals surface area (Å²) in [6.07, 6.45) is -1.06. The lowest BCUT2D eigenvalue weighted by Crippen LogP contribution is -2.70. The van der Waals surface area contributed by atoms with Crippen LogP contribution in [0.2, 0.25) is 0 Å². The molecule has 3 aromatic rings. The van der Waals surface area contributed by atoms with Gasteiger partial charge in [-0.15, -0.1) is 10.2 Å². The van der Waals surface area contributed by atoms with Gasteiger partial charge in [0.15, 0.2) is 5.82 Å². The van der Waals surface area contributed by atoms with Crippen molar-refractivity contribution in [2.75, 3.05) is 5.32 Å². The topological polar surface area (TPSA) is 102 Å². The molecule has 3 atom stereocenters. The number of halogens is 3. The van der Waals surface area contributed by atoms with E-state index in [9.17, 15) is 18.0 Å². The highest BCUT2D eigenvalue weighted by atomic mass is 19.4. The second-order valence-electron chi connectivity index (χ2n) is 8.86. The molecule has 1 aliphatic heterocycles. The van der Waals surface area contributed by atoms with Gasteiger partial charge < -0.3 is 14.6 Å². The molecule has 0 unspecified atom stereocenters. The molecule has 5 rings (SSSR count). The van der Waals surface area contributed by atoms with Gasteiger partial charge in [0, 0.05) is 37.7 Å². The van der Waals surface area contributed by atoms with Crippen LogP contribution >= 0.6 is 0 Å². The summed E-state index contributed by atoms with van der Waals surface area (Å²) >= 11 is 0. The number of carbonyl (C=O) groups excluding carboxylic acids is 1. The lowest BCUT2D eigenvalue weighted by atomic mass is 9.64. The zero-order chi connectivity index (χ0) is 23.5. The van der Waals surface area contributed by atoms with Crippen molar-refractivity contribution in [1.29, 1.82) is 0 Å². The molecule has 1 saturated heterocycles. The lowest BCUT2D eigenvalue weighted by molar-refractivity contribution is -0.137. The van der Waals surface area contributed by atoms with E-state index in [1.165, 1.54) is 23.1 Å². The van der Waals surface area contributed by atoms with Crippen molar-refractivity contribution in [3.63, 3.8) is 0 Å². The van der Waals surface area contributed by atoms with Gasteiger partial charge in [-0.05, 0) is 37.0 Å². The van der Waals surface area contributed by atoms with Crippen LogP contribution in [-0.4, -0.2) is 41.9 Å². The minimum atomic E-state index is -4.60. The number of nitrogens with zero attached hydrogens (tertiary/aromatic N) is 6. The lowest BCUT2D eigenvalue weighted by Gasteiger charge is -2.61.